The van der Waals surface area contributed by atoms with Crippen molar-refractivity contribution in [1.82, 2.24) is 14.8 Å². The maximum absolute atomic E-state index is 4.34. The Balaban J connectivity index is 2.19. The van der Waals surface area contributed by atoms with Crippen LogP contribution in [0, 0.1) is 0 Å². The van der Waals surface area contributed by atoms with Crippen molar-refractivity contribution >= 4 is 12.0 Å². The fraction of sp³-hybridized carbons (Fsp3) is 0.100. The summed E-state index contributed by atoms with van der Waals surface area (Å²) in [5.41, 5.74) is 2.19. The second-order valence-electron chi connectivity index (χ2n) is 3.17. The van der Waals surface area contributed by atoms with Gasteiger partial charge in [0.25, 0.3) is 0 Å². The predicted octanol–water partition coefficient (Wildman–Crippen LogP) is 1.39. The zero-order valence-electron chi connectivity index (χ0n) is 7.46. The minimum absolute atomic E-state index is 0.788. The molecule has 0 bridgehead atoms. The van der Waals surface area contributed by atoms with E-state index >= 15 is 0 Å². The van der Waals surface area contributed by atoms with Crippen LogP contribution >= 0.6 is 0 Å². The van der Waals surface area contributed by atoms with Gasteiger partial charge < -0.3 is 0 Å². The summed E-state index contributed by atoms with van der Waals surface area (Å²) in [6, 6.07) is 8.06. The zero-order chi connectivity index (χ0) is 9.38. The highest BCUT2D eigenvalue weighted by atomic mass is 15.3. The average Bonchev–Trinajstić information content (AvgIpc) is 2.58. The number of hydrogen-bond donors (Lipinski definition) is 0. The summed E-state index contributed by atoms with van der Waals surface area (Å²) in [5.74, 6) is 0.929. The minimum atomic E-state index is 0.788. The molecule has 4 heteroatoms. The molecule has 0 radical (unpaired) electrons. The zero-order valence-corrected chi connectivity index (χ0v) is 7.46. The van der Waals surface area contributed by atoms with Gasteiger partial charge in [0.05, 0.1) is 5.69 Å². The van der Waals surface area contributed by atoms with Gasteiger partial charge in [-0.05, 0) is 11.6 Å². The SMILES string of the molecule is C1=Nc2ccccc2Cc2ncnn21. The normalized spacial score (nSPS) is 13.1. The third-order valence-corrected chi connectivity index (χ3v) is 2.29. The van der Waals surface area contributed by atoms with E-state index in [0.717, 1.165) is 17.9 Å². The molecular formula is C10H8N4. The molecule has 0 atom stereocenters. The Hall–Kier alpha value is -1.97. The predicted molar refractivity (Wildman–Crippen MR) is 52.8 cm³/mol. The summed E-state index contributed by atoms with van der Waals surface area (Å²) in [7, 11) is 0. The maximum Gasteiger partial charge on any atom is 0.138 e. The van der Waals surface area contributed by atoms with Crippen molar-refractivity contribution < 1.29 is 0 Å². The Kier molecular flexibility index (Phi) is 1.47. The van der Waals surface area contributed by atoms with Gasteiger partial charge in [0, 0.05) is 6.42 Å². The van der Waals surface area contributed by atoms with Crippen LogP contribution in [0.4, 0.5) is 5.69 Å². The summed E-state index contributed by atoms with van der Waals surface area (Å²) < 4.78 is 1.71. The first-order valence-corrected chi connectivity index (χ1v) is 4.44. The Labute approximate surface area is 80.9 Å². The smallest absolute Gasteiger partial charge is 0.138 e. The number of rotatable bonds is 0. The molecule has 0 amide bonds. The van der Waals surface area contributed by atoms with Gasteiger partial charge in [-0.25, -0.2) is 14.7 Å². The number of fused-ring (bicyclic) bond motifs is 2. The molecule has 0 saturated carbocycles. The van der Waals surface area contributed by atoms with Crippen LogP contribution < -0.4 is 0 Å². The molecule has 14 heavy (non-hydrogen) atoms. The molecule has 3 rings (SSSR count). The highest BCUT2D eigenvalue weighted by Gasteiger charge is 2.10. The lowest BCUT2D eigenvalue weighted by atomic mass is 10.1. The third kappa shape index (κ3) is 1.04. The van der Waals surface area contributed by atoms with Crippen LogP contribution in [0.3, 0.4) is 0 Å². The quantitative estimate of drug-likeness (QED) is 0.530. The summed E-state index contributed by atoms with van der Waals surface area (Å²) in [4.78, 5) is 8.51. The summed E-state index contributed by atoms with van der Waals surface area (Å²) in [6.45, 7) is 0. The van der Waals surface area contributed by atoms with E-state index in [2.05, 4.69) is 21.1 Å². The standard InChI is InChI=1S/C10H8N4/c1-2-4-9-8(3-1)5-10-11-6-13-14(10)7-12-9/h1-4,6-7H,5H2. The van der Waals surface area contributed by atoms with Gasteiger partial charge in [-0.2, -0.15) is 5.10 Å². The lowest BCUT2D eigenvalue weighted by Crippen LogP contribution is -2.02. The van der Waals surface area contributed by atoms with Crippen molar-refractivity contribution in [3.05, 3.63) is 42.0 Å². The Morgan fingerprint density at radius 2 is 2.14 bits per heavy atom. The van der Waals surface area contributed by atoms with Crippen LogP contribution in [0.1, 0.15) is 11.4 Å². The first-order chi connectivity index (χ1) is 6.93. The van der Waals surface area contributed by atoms with Gasteiger partial charge in [0.15, 0.2) is 0 Å². The Morgan fingerprint density at radius 1 is 1.21 bits per heavy atom. The molecule has 2 heterocycles. The molecule has 1 aromatic carbocycles. The molecule has 0 N–H and O–H groups in total. The first kappa shape index (κ1) is 7.44. The van der Waals surface area contributed by atoms with E-state index in [9.17, 15) is 0 Å². The van der Waals surface area contributed by atoms with Gasteiger partial charge in [-0.15, -0.1) is 0 Å². The lowest BCUT2D eigenvalue weighted by molar-refractivity contribution is 0.883. The Morgan fingerprint density at radius 3 is 3.14 bits per heavy atom. The van der Waals surface area contributed by atoms with Crippen molar-refractivity contribution in [3.63, 3.8) is 0 Å². The van der Waals surface area contributed by atoms with Crippen LogP contribution in [0.25, 0.3) is 0 Å². The monoisotopic (exact) mass is 184 g/mol. The molecule has 1 aliphatic heterocycles. The molecule has 2 aromatic rings. The molecule has 0 unspecified atom stereocenters. The second kappa shape index (κ2) is 2.77. The van der Waals surface area contributed by atoms with Crippen molar-refractivity contribution in [3.8, 4) is 0 Å². The van der Waals surface area contributed by atoms with E-state index in [-0.39, 0.29) is 0 Å². The number of para-hydroxylation sites is 1. The van der Waals surface area contributed by atoms with Crippen LogP contribution in [-0.4, -0.2) is 21.1 Å². The van der Waals surface area contributed by atoms with Gasteiger partial charge in [0.1, 0.15) is 18.5 Å². The first-order valence-electron chi connectivity index (χ1n) is 4.44. The van der Waals surface area contributed by atoms with Crippen LogP contribution in [0.5, 0.6) is 0 Å². The van der Waals surface area contributed by atoms with E-state index in [4.69, 9.17) is 0 Å². The van der Waals surface area contributed by atoms with Crippen molar-refractivity contribution in [2.45, 2.75) is 6.42 Å². The number of benzene rings is 1. The van der Waals surface area contributed by atoms with Crippen molar-refractivity contribution in [1.29, 1.82) is 0 Å². The van der Waals surface area contributed by atoms with E-state index in [1.165, 1.54) is 5.56 Å². The molecule has 4 nitrogen and oxygen atoms in total. The van der Waals surface area contributed by atoms with Gasteiger partial charge in [0.2, 0.25) is 0 Å². The van der Waals surface area contributed by atoms with Crippen LogP contribution in [0.15, 0.2) is 35.6 Å². The fourth-order valence-electron chi connectivity index (χ4n) is 1.57. The molecular weight excluding hydrogens is 176 g/mol. The maximum atomic E-state index is 4.34. The van der Waals surface area contributed by atoms with Crippen LogP contribution in [-0.2, 0) is 6.42 Å². The Bertz CT molecular complexity index is 498. The number of aromatic nitrogens is 3. The van der Waals surface area contributed by atoms with Crippen LogP contribution in [0.2, 0.25) is 0 Å². The molecule has 0 spiro atoms. The van der Waals surface area contributed by atoms with E-state index in [1.807, 2.05) is 18.2 Å². The highest BCUT2D eigenvalue weighted by molar-refractivity contribution is 5.67. The molecule has 0 aliphatic carbocycles. The topological polar surface area (TPSA) is 43.1 Å². The minimum Gasteiger partial charge on any atom is -0.237 e. The number of hydrogen-bond acceptors (Lipinski definition) is 3. The molecule has 1 aliphatic rings. The fourth-order valence-corrected chi connectivity index (χ4v) is 1.57. The number of nitrogens with zero attached hydrogens (tertiary/aromatic N) is 4. The van der Waals surface area contributed by atoms with Gasteiger partial charge in [-0.3, -0.25) is 0 Å². The average molecular weight is 184 g/mol. The second-order valence-corrected chi connectivity index (χ2v) is 3.17. The van der Waals surface area contributed by atoms with Crippen molar-refractivity contribution in [2.24, 2.45) is 4.99 Å². The highest BCUT2D eigenvalue weighted by Crippen LogP contribution is 2.22. The lowest BCUT2D eigenvalue weighted by Gasteiger charge is -1.99. The molecule has 1 aromatic heterocycles. The van der Waals surface area contributed by atoms with E-state index in [0.29, 0.717) is 0 Å². The number of aliphatic imine (C=N–C) groups is 1. The van der Waals surface area contributed by atoms with E-state index < -0.39 is 0 Å². The third-order valence-electron chi connectivity index (χ3n) is 2.29. The van der Waals surface area contributed by atoms with Gasteiger partial charge in [-0.1, -0.05) is 18.2 Å². The largest absolute Gasteiger partial charge is 0.237 e. The molecule has 0 fully saturated rings. The van der Waals surface area contributed by atoms with Crippen molar-refractivity contribution in [2.75, 3.05) is 0 Å². The summed E-state index contributed by atoms with van der Waals surface area (Å²) in [5, 5.41) is 4.06. The molecule has 68 valence electrons. The summed E-state index contributed by atoms with van der Waals surface area (Å²) in [6.07, 6.45) is 4.04. The van der Waals surface area contributed by atoms with Gasteiger partial charge >= 0.3 is 0 Å². The summed E-state index contributed by atoms with van der Waals surface area (Å²) >= 11 is 0. The molecule has 0 saturated heterocycles. The van der Waals surface area contributed by atoms with E-state index in [1.54, 1.807) is 17.3 Å².